The highest BCUT2D eigenvalue weighted by molar-refractivity contribution is 5.95. The van der Waals surface area contributed by atoms with Gasteiger partial charge in [-0.3, -0.25) is 14.8 Å². The predicted octanol–water partition coefficient (Wildman–Crippen LogP) is 7.23. The van der Waals surface area contributed by atoms with Gasteiger partial charge in [0.2, 0.25) is 0 Å². The summed E-state index contributed by atoms with van der Waals surface area (Å²) < 4.78 is 48.4. The Bertz CT molecular complexity index is 2080. The van der Waals surface area contributed by atoms with E-state index >= 15 is 0 Å². The van der Waals surface area contributed by atoms with Crippen LogP contribution in [0.4, 0.5) is 30.6 Å². The summed E-state index contributed by atoms with van der Waals surface area (Å²) in [6.07, 6.45) is 9.13. The summed E-state index contributed by atoms with van der Waals surface area (Å²) in [6, 6.07) is 24.8. The van der Waals surface area contributed by atoms with Crippen LogP contribution in [0.1, 0.15) is 52.0 Å². The van der Waals surface area contributed by atoms with Crippen LogP contribution in [0.3, 0.4) is 0 Å². The third kappa shape index (κ3) is 9.86. The molecule has 2 aromatic heterocycles. The van der Waals surface area contributed by atoms with Crippen molar-refractivity contribution >= 4 is 23.1 Å². The number of carbonyl (C=O) groups is 1. The maximum atomic E-state index is 14.9. The van der Waals surface area contributed by atoms with E-state index in [1.807, 2.05) is 68.4 Å². The van der Waals surface area contributed by atoms with Gasteiger partial charge >= 0.3 is 6.03 Å². The molecule has 60 heavy (non-hydrogen) atoms. The van der Waals surface area contributed by atoms with Gasteiger partial charge in [0, 0.05) is 73.3 Å². The van der Waals surface area contributed by atoms with Crippen LogP contribution in [0.25, 0.3) is 0 Å². The molecule has 3 aromatic carbocycles. The highest BCUT2D eigenvalue weighted by Gasteiger charge is 2.50. The number of unbranched alkanes of at least 4 members (excludes halogenated alkanes) is 2. The second kappa shape index (κ2) is 19.2. The van der Waals surface area contributed by atoms with Gasteiger partial charge in [0.1, 0.15) is 42.2 Å². The number of hydrogen-bond donors (Lipinski definition) is 1. The van der Waals surface area contributed by atoms with E-state index < -0.39 is 29.3 Å². The zero-order chi connectivity index (χ0) is 42.1. The third-order valence-electron chi connectivity index (χ3n) is 11.1. The molecule has 1 unspecified atom stereocenters. The molecule has 8 rings (SSSR count). The van der Waals surface area contributed by atoms with Crippen molar-refractivity contribution in [3.05, 3.63) is 127 Å². The molecule has 0 aliphatic carbocycles. The molecule has 318 valence electrons. The molecule has 0 saturated carbocycles. The lowest BCUT2D eigenvalue weighted by molar-refractivity contribution is -0.117. The average molecular weight is 825 g/mol. The van der Waals surface area contributed by atoms with Crippen LogP contribution >= 0.6 is 0 Å². The summed E-state index contributed by atoms with van der Waals surface area (Å²) in [4.78, 5) is 29.2. The monoisotopic (exact) mass is 824 g/mol. The zero-order valence-corrected chi connectivity index (χ0v) is 34.4. The average Bonchev–Trinajstić information content (AvgIpc) is 4.00. The number of urea groups is 1. The van der Waals surface area contributed by atoms with E-state index in [0.29, 0.717) is 12.2 Å². The van der Waals surface area contributed by atoms with E-state index in [4.69, 9.17) is 14.2 Å². The number of rotatable bonds is 14. The van der Waals surface area contributed by atoms with E-state index in [0.717, 1.165) is 68.6 Å². The lowest BCUT2D eigenvalue weighted by atomic mass is 9.94. The van der Waals surface area contributed by atoms with Gasteiger partial charge in [0.05, 0.1) is 19.7 Å². The Morgan fingerprint density at radius 2 is 1.55 bits per heavy atom. The second-order valence-corrected chi connectivity index (χ2v) is 15.7. The van der Waals surface area contributed by atoms with Crippen molar-refractivity contribution in [3.63, 3.8) is 0 Å². The molecule has 0 spiro atoms. The van der Waals surface area contributed by atoms with Gasteiger partial charge in [-0.25, -0.2) is 23.2 Å². The Morgan fingerprint density at radius 1 is 0.883 bits per heavy atom. The number of benzene rings is 3. The van der Waals surface area contributed by atoms with E-state index in [2.05, 4.69) is 43.9 Å². The maximum Gasteiger partial charge on any atom is 0.327 e. The summed E-state index contributed by atoms with van der Waals surface area (Å²) in [7, 11) is 0. The normalized spacial score (nSPS) is 21.7. The Hall–Kier alpha value is -5.64. The van der Waals surface area contributed by atoms with Gasteiger partial charge in [0.15, 0.2) is 12.0 Å². The Kier molecular flexibility index (Phi) is 13.6. The summed E-state index contributed by atoms with van der Waals surface area (Å²) in [5, 5.41) is 15.7. The number of hydrogen-bond acceptors (Lipinski definition) is 10. The number of aliphatic hydroxyl groups is 1. The lowest BCUT2D eigenvalue weighted by Crippen LogP contribution is -2.50. The first-order chi connectivity index (χ1) is 29.1. The van der Waals surface area contributed by atoms with E-state index in [1.165, 1.54) is 29.5 Å². The SMILES string of the molecule is CCCCCC1(O)CN(c2ccc(N3CCN(c4ccc(OC[C@H]5OC[C@](Cn6cncn6)(c6ccc(F)cc6F)O5)cc4)CC3)cc2)C(=O)N1C(C)C.c1ccncc1. The van der Waals surface area contributed by atoms with Gasteiger partial charge in [-0.15, -0.1) is 0 Å². The topological polar surface area (TPSA) is 122 Å². The molecule has 3 atom stereocenters. The van der Waals surface area contributed by atoms with Gasteiger partial charge in [-0.05, 0) is 93.4 Å². The highest BCUT2D eigenvalue weighted by Crippen LogP contribution is 2.38. The second-order valence-electron chi connectivity index (χ2n) is 15.7. The lowest BCUT2D eigenvalue weighted by Gasteiger charge is -2.37. The van der Waals surface area contributed by atoms with Crippen molar-refractivity contribution in [1.29, 1.82) is 0 Å². The molecule has 3 aliphatic rings. The number of β-amino-alcohol motifs (C(OH)–C–C–N with tert-alkyl or cyclic N) is 1. The third-order valence-corrected chi connectivity index (χ3v) is 11.1. The van der Waals surface area contributed by atoms with Crippen molar-refractivity contribution in [3.8, 4) is 5.75 Å². The fourth-order valence-electron chi connectivity index (χ4n) is 8.14. The maximum absolute atomic E-state index is 14.9. The minimum Gasteiger partial charge on any atom is -0.488 e. The molecule has 13 nitrogen and oxygen atoms in total. The molecule has 15 heteroatoms. The Morgan fingerprint density at radius 3 is 2.12 bits per heavy atom. The van der Waals surface area contributed by atoms with Crippen LogP contribution in [0.2, 0.25) is 0 Å². The first-order valence-corrected chi connectivity index (χ1v) is 20.7. The molecule has 1 N–H and O–H groups in total. The van der Waals surface area contributed by atoms with E-state index in [9.17, 15) is 18.7 Å². The molecular formula is C45H54F2N8O5. The first-order valence-electron chi connectivity index (χ1n) is 20.7. The van der Waals surface area contributed by atoms with Crippen LogP contribution in [-0.2, 0) is 21.6 Å². The molecule has 3 fully saturated rings. The van der Waals surface area contributed by atoms with Crippen LogP contribution in [0, 0.1) is 11.6 Å². The van der Waals surface area contributed by atoms with Gasteiger partial charge in [-0.2, -0.15) is 5.10 Å². The van der Waals surface area contributed by atoms with Crippen molar-refractivity contribution in [1.82, 2.24) is 24.6 Å². The van der Waals surface area contributed by atoms with Gasteiger partial charge < -0.3 is 29.1 Å². The number of aromatic nitrogens is 4. The number of carbonyl (C=O) groups excluding carboxylic acids is 1. The fourth-order valence-corrected chi connectivity index (χ4v) is 8.14. The van der Waals surface area contributed by atoms with E-state index in [1.54, 1.807) is 22.2 Å². The predicted molar refractivity (Wildman–Crippen MR) is 225 cm³/mol. The van der Waals surface area contributed by atoms with Crippen LogP contribution in [0.5, 0.6) is 5.75 Å². The van der Waals surface area contributed by atoms with Crippen LogP contribution in [0.15, 0.2) is 110 Å². The van der Waals surface area contributed by atoms with Crippen molar-refractivity contribution in [2.24, 2.45) is 0 Å². The number of anilines is 3. The molecule has 0 radical (unpaired) electrons. The van der Waals surface area contributed by atoms with Crippen molar-refractivity contribution < 1.29 is 32.9 Å². The Balaban J connectivity index is 0.000000834. The van der Waals surface area contributed by atoms with Crippen LogP contribution in [-0.4, -0.2) is 99.8 Å². The number of ether oxygens (including phenoxy) is 3. The number of halogens is 2. The van der Waals surface area contributed by atoms with Crippen LogP contribution < -0.4 is 19.4 Å². The molecule has 5 aromatic rings. The highest BCUT2D eigenvalue weighted by atomic mass is 19.1. The van der Waals surface area contributed by atoms with Crippen molar-refractivity contribution in [2.45, 2.75) is 76.7 Å². The summed E-state index contributed by atoms with van der Waals surface area (Å²) in [5.74, 6) is -0.764. The minimum absolute atomic E-state index is 0.0250. The van der Waals surface area contributed by atoms with Gasteiger partial charge in [-0.1, -0.05) is 31.9 Å². The van der Waals surface area contributed by atoms with E-state index in [-0.39, 0.29) is 43.9 Å². The largest absolute Gasteiger partial charge is 0.488 e. The fraction of sp³-hybridized carbons (Fsp3) is 0.422. The summed E-state index contributed by atoms with van der Waals surface area (Å²) in [6.45, 7) is 9.86. The molecule has 3 aliphatic heterocycles. The summed E-state index contributed by atoms with van der Waals surface area (Å²) in [5.41, 5.74) is 0.734. The smallest absolute Gasteiger partial charge is 0.327 e. The van der Waals surface area contributed by atoms with Crippen molar-refractivity contribution in [2.75, 3.05) is 60.6 Å². The number of amides is 2. The zero-order valence-electron chi connectivity index (χ0n) is 34.4. The molecule has 0 bridgehead atoms. The summed E-state index contributed by atoms with van der Waals surface area (Å²) >= 11 is 0. The molecular weight excluding hydrogens is 771 g/mol. The molecule has 3 saturated heterocycles. The molecule has 2 amide bonds. The first kappa shape index (κ1) is 42.5. The Labute approximate surface area is 350 Å². The quantitative estimate of drug-likeness (QED) is 0.115. The standard InChI is InChI=1S/C40H49F2N7O5.C5H5N/c1-4-5-6-17-40(51)25-48(38(50)49(40)29(2)3)33-10-8-31(9-11-33)45-18-20-46(21-19-45)32-12-14-34(15-13-32)52-23-37-53-26-39(54-37,24-47-28-43-27-44-47)35-16-7-30(41)22-36(35)42;1-2-4-6-5-3-1/h7-16,22,27-29,37,51H,4-6,17-21,23-26H2,1-3H3;1-5H/t37-,39+,40?;/m0./s1. The minimum atomic E-state index is -1.24. The van der Waals surface area contributed by atoms with Gasteiger partial charge in [0.25, 0.3) is 0 Å². The number of piperazine rings is 1. The molecule has 5 heterocycles. The number of pyridine rings is 1. The number of nitrogens with zero attached hydrogens (tertiary/aromatic N) is 8.